The highest BCUT2D eigenvalue weighted by atomic mass is 16.5. The second kappa shape index (κ2) is 5.66. The van der Waals surface area contributed by atoms with Crippen LogP contribution < -0.4 is 0 Å². The van der Waals surface area contributed by atoms with Crippen molar-refractivity contribution in [2.24, 2.45) is 0 Å². The van der Waals surface area contributed by atoms with Gasteiger partial charge >= 0.3 is 0 Å². The first-order valence-electron chi connectivity index (χ1n) is 5.16. The smallest absolute Gasteiger partial charge is 0.248 e. The molecule has 1 rings (SSSR count). The zero-order valence-corrected chi connectivity index (χ0v) is 9.23. The van der Waals surface area contributed by atoms with Gasteiger partial charge in [0.05, 0.1) is 0 Å². The summed E-state index contributed by atoms with van der Waals surface area (Å²) in [5, 5.41) is 0. The molecule has 15 heavy (non-hydrogen) atoms. The SMILES string of the molecule is COC1C=CC(=O)N1CCCCC(C)=O. The van der Waals surface area contributed by atoms with Crippen molar-refractivity contribution in [3.8, 4) is 0 Å². The topological polar surface area (TPSA) is 46.6 Å². The van der Waals surface area contributed by atoms with Gasteiger partial charge in [0.15, 0.2) is 6.23 Å². The third-order valence-electron chi connectivity index (χ3n) is 2.41. The molecule has 1 aliphatic heterocycles. The fourth-order valence-corrected chi connectivity index (χ4v) is 1.59. The van der Waals surface area contributed by atoms with Crippen molar-refractivity contribution < 1.29 is 14.3 Å². The number of carbonyl (C=O) groups is 2. The summed E-state index contributed by atoms with van der Waals surface area (Å²) in [7, 11) is 1.58. The van der Waals surface area contributed by atoms with E-state index in [9.17, 15) is 9.59 Å². The average molecular weight is 211 g/mol. The van der Waals surface area contributed by atoms with Gasteiger partial charge in [0.25, 0.3) is 0 Å². The number of hydrogen-bond acceptors (Lipinski definition) is 3. The van der Waals surface area contributed by atoms with Gasteiger partial charge in [0.1, 0.15) is 5.78 Å². The Bertz CT molecular complexity index is 273. The van der Waals surface area contributed by atoms with Gasteiger partial charge in [-0.3, -0.25) is 4.79 Å². The van der Waals surface area contributed by atoms with Crippen molar-refractivity contribution in [3.63, 3.8) is 0 Å². The minimum Gasteiger partial charge on any atom is -0.358 e. The van der Waals surface area contributed by atoms with Gasteiger partial charge in [-0.1, -0.05) is 0 Å². The van der Waals surface area contributed by atoms with Gasteiger partial charge in [0, 0.05) is 26.2 Å². The van der Waals surface area contributed by atoms with E-state index in [1.807, 2.05) is 0 Å². The van der Waals surface area contributed by atoms with E-state index in [0.29, 0.717) is 13.0 Å². The molecule has 0 aromatic carbocycles. The lowest BCUT2D eigenvalue weighted by molar-refractivity contribution is -0.132. The van der Waals surface area contributed by atoms with Gasteiger partial charge in [-0.15, -0.1) is 0 Å². The summed E-state index contributed by atoms with van der Waals surface area (Å²) in [4.78, 5) is 23.7. The molecule has 0 bridgehead atoms. The van der Waals surface area contributed by atoms with Gasteiger partial charge in [-0.25, -0.2) is 0 Å². The molecule has 0 radical (unpaired) electrons. The van der Waals surface area contributed by atoms with Crippen LogP contribution in [0.4, 0.5) is 0 Å². The second-order valence-corrected chi connectivity index (χ2v) is 3.68. The summed E-state index contributed by atoms with van der Waals surface area (Å²) in [6, 6.07) is 0. The molecule has 1 atom stereocenters. The maximum absolute atomic E-state index is 11.4. The second-order valence-electron chi connectivity index (χ2n) is 3.68. The first-order chi connectivity index (χ1) is 7.15. The van der Waals surface area contributed by atoms with E-state index in [-0.39, 0.29) is 17.9 Å². The standard InChI is InChI=1S/C11H17NO3/c1-9(13)5-3-4-8-12-10(14)6-7-11(12)15-2/h6-7,11H,3-5,8H2,1-2H3. The molecule has 1 unspecified atom stereocenters. The highest BCUT2D eigenvalue weighted by Gasteiger charge is 2.24. The Morgan fingerprint density at radius 1 is 1.53 bits per heavy atom. The van der Waals surface area contributed by atoms with Crippen LogP contribution >= 0.6 is 0 Å². The molecule has 4 heteroatoms. The van der Waals surface area contributed by atoms with Crippen LogP contribution in [0.15, 0.2) is 12.2 Å². The number of rotatable bonds is 6. The van der Waals surface area contributed by atoms with Gasteiger partial charge < -0.3 is 14.4 Å². The van der Waals surface area contributed by atoms with E-state index in [1.165, 1.54) is 6.08 Å². The van der Waals surface area contributed by atoms with Gasteiger partial charge in [-0.05, 0) is 25.8 Å². The molecule has 0 aromatic heterocycles. The van der Waals surface area contributed by atoms with Gasteiger partial charge in [-0.2, -0.15) is 0 Å². The molecule has 1 heterocycles. The number of ether oxygens (including phenoxy) is 1. The molecule has 0 aliphatic carbocycles. The van der Waals surface area contributed by atoms with Crippen LogP contribution in [0.25, 0.3) is 0 Å². The van der Waals surface area contributed by atoms with Crippen LogP contribution in [0.5, 0.6) is 0 Å². The quantitative estimate of drug-likeness (QED) is 0.618. The normalized spacial score (nSPS) is 20.0. The van der Waals surface area contributed by atoms with E-state index < -0.39 is 0 Å². The van der Waals surface area contributed by atoms with Crippen molar-refractivity contribution in [2.75, 3.05) is 13.7 Å². The van der Waals surface area contributed by atoms with Crippen LogP contribution in [-0.2, 0) is 14.3 Å². The molecule has 0 saturated heterocycles. The highest BCUT2D eigenvalue weighted by Crippen LogP contribution is 2.13. The summed E-state index contributed by atoms with van der Waals surface area (Å²) in [5.74, 6) is 0.189. The number of nitrogens with zero attached hydrogens (tertiary/aromatic N) is 1. The Morgan fingerprint density at radius 2 is 2.27 bits per heavy atom. The third-order valence-corrected chi connectivity index (χ3v) is 2.41. The van der Waals surface area contributed by atoms with E-state index in [4.69, 9.17) is 4.74 Å². The lowest BCUT2D eigenvalue weighted by Gasteiger charge is -2.22. The van der Waals surface area contributed by atoms with Crippen molar-refractivity contribution in [2.45, 2.75) is 32.4 Å². The predicted octanol–water partition coefficient (Wildman–Crippen LogP) is 1.12. The van der Waals surface area contributed by atoms with E-state index in [0.717, 1.165) is 12.8 Å². The first kappa shape index (κ1) is 11.9. The van der Waals surface area contributed by atoms with Crippen LogP contribution in [0.2, 0.25) is 0 Å². The lowest BCUT2D eigenvalue weighted by Crippen LogP contribution is -2.35. The third kappa shape index (κ3) is 3.47. The number of Topliss-reactive ketones (excluding diaryl/α,β-unsaturated/α-hetero) is 1. The maximum Gasteiger partial charge on any atom is 0.248 e. The summed E-state index contributed by atoms with van der Waals surface area (Å²) in [5.41, 5.74) is 0. The summed E-state index contributed by atoms with van der Waals surface area (Å²) >= 11 is 0. The number of methoxy groups -OCH3 is 1. The molecular weight excluding hydrogens is 194 g/mol. The summed E-state index contributed by atoms with van der Waals surface area (Å²) in [6.45, 7) is 2.23. The number of amides is 1. The molecule has 1 aliphatic rings. The fourth-order valence-electron chi connectivity index (χ4n) is 1.59. The number of carbonyl (C=O) groups excluding carboxylic acids is 2. The Kier molecular flexibility index (Phi) is 4.49. The van der Waals surface area contributed by atoms with E-state index in [2.05, 4.69) is 0 Å². The number of hydrogen-bond donors (Lipinski definition) is 0. The fraction of sp³-hybridized carbons (Fsp3) is 0.636. The molecular formula is C11H17NO3. The van der Waals surface area contributed by atoms with Gasteiger partial charge in [0.2, 0.25) is 5.91 Å². The van der Waals surface area contributed by atoms with Crippen molar-refractivity contribution in [1.82, 2.24) is 4.90 Å². The molecule has 0 aromatic rings. The largest absolute Gasteiger partial charge is 0.358 e. The average Bonchev–Trinajstić information content (AvgIpc) is 2.54. The molecule has 4 nitrogen and oxygen atoms in total. The predicted molar refractivity (Wildman–Crippen MR) is 56.2 cm³/mol. The van der Waals surface area contributed by atoms with Crippen LogP contribution in [0.1, 0.15) is 26.2 Å². The maximum atomic E-state index is 11.4. The minimum absolute atomic E-state index is 0.00956. The highest BCUT2D eigenvalue weighted by molar-refractivity contribution is 5.90. The lowest BCUT2D eigenvalue weighted by atomic mass is 10.2. The number of unbranched alkanes of at least 4 members (excludes halogenated alkanes) is 1. The Labute approximate surface area is 89.9 Å². The molecule has 84 valence electrons. The molecule has 0 spiro atoms. The zero-order chi connectivity index (χ0) is 11.3. The number of ketones is 1. The van der Waals surface area contributed by atoms with Crippen molar-refractivity contribution >= 4 is 11.7 Å². The summed E-state index contributed by atoms with van der Waals surface area (Å²) in [6.07, 6.45) is 5.30. The Morgan fingerprint density at radius 3 is 2.87 bits per heavy atom. The molecule has 1 amide bonds. The molecule has 0 saturated carbocycles. The Hall–Kier alpha value is -1.16. The summed E-state index contributed by atoms with van der Waals surface area (Å²) < 4.78 is 5.12. The monoisotopic (exact) mass is 211 g/mol. The molecule has 0 fully saturated rings. The van der Waals surface area contributed by atoms with Crippen molar-refractivity contribution in [1.29, 1.82) is 0 Å². The first-order valence-corrected chi connectivity index (χ1v) is 5.16. The van der Waals surface area contributed by atoms with Crippen LogP contribution in [0, 0.1) is 0 Å². The minimum atomic E-state index is -0.227. The molecule has 0 N–H and O–H groups in total. The van der Waals surface area contributed by atoms with E-state index >= 15 is 0 Å². The van der Waals surface area contributed by atoms with Crippen LogP contribution in [-0.4, -0.2) is 36.5 Å². The van der Waals surface area contributed by atoms with Crippen molar-refractivity contribution in [3.05, 3.63) is 12.2 Å². The zero-order valence-electron chi connectivity index (χ0n) is 9.23. The van der Waals surface area contributed by atoms with Crippen LogP contribution in [0.3, 0.4) is 0 Å². The Balaban J connectivity index is 2.25. The van der Waals surface area contributed by atoms with E-state index in [1.54, 1.807) is 25.0 Å².